The fraction of sp³-hybridized carbons (Fsp3) is 0.625. The largest absolute Gasteiger partial charge is 0.381 e. The van der Waals surface area contributed by atoms with E-state index in [9.17, 15) is 0 Å². The minimum absolute atomic E-state index is 0.154. The van der Waals surface area contributed by atoms with Gasteiger partial charge in [0.2, 0.25) is 0 Å². The summed E-state index contributed by atoms with van der Waals surface area (Å²) in [7, 11) is 0. The molecule has 72 valence electrons. The molecule has 0 saturated carbocycles. The zero-order valence-electron chi connectivity index (χ0n) is 7.36. The molecule has 2 heterocycles. The predicted octanol–water partition coefficient (Wildman–Crippen LogP) is -0.0494. The van der Waals surface area contributed by atoms with Crippen LogP contribution in [-0.4, -0.2) is 23.4 Å². The molecule has 0 amide bonds. The van der Waals surface area contributed by atoms with Gasteiger partial charge in [0.25, 0.3) is 0 Å². The number of nitrogens with two attached hydrogens (primary N) is 1. The van der Waals surface area contributed by atoms with E-state index in [1.54, 1.807) is 6.20 Å². The zero-order valence-corrected chi connectivity index (χ0v) is 7.36. The van der Waals surface area contributed by atoms with Gasteiger partial charge in [-0.3, -0.25) is 16.4 Å². The number of aromatic amines is 1. The lowest BCUT2D eigenvalue weighted by Crippen LogP contribution is -2.33. The van der Waals surface area contributed by atoms with Crippen molar-refractivity contribution in [2.24, 2.45) is 11.8 Å². The minimum atomic E-state index is 0.154. The van der Waals surface area contributed by atoms with E-state index in [-0.39, 0.29) is 6.04 Å². The molecule has 0 aromatic carbocycles. The summed E-state index contributed by atoms with van der Waals surface area (Å²) in [5, 5.41) is 6.68. The Bertz CT molecular complexity index is 243. The molecular weight excluding hydrogens is 168 g/mol. The van der Waals surface area contributed by atoms with Crippen LogP contribution in [0.1, 0.15) is 18.0 Å². The molecular formula is C8H14N4O. The van der Waals surface area contributed by atoms with Crippen LogP contribution < -0.4 is 11.3 Å². The summed E-state index contributed by atoms with van der Waals surface area (Å²) in [6, 6.07) is 0.154. The number of hydrazine groups is 1. The molecule has 0 bridgehead atoms. The number of nitrogens with zero attached hydrogens (tertiary/aromatic N) is 1. The smallest absolute Gasteiger partial charge is 0.0541 e. The molecule has 1 saturated heterocycles. The summed E-state index contributed by atoms with van der Waals surface area (Å²) >= 11 is 0. The van der Waals surface area contributed by atoms with Crippen LogP contribution in [0.15, 0.2) is 12.4 Å². The molecule has 1 fully saturated rings. The van der Waals surface area contributed by atoms with E-state index in [1.807, 2.05) is 6.20 Å². The van der Waals surface area contributed by atoms with Crippen molar-refractivity contribution in [3.05, 3.63) is 18.0 Å². The maximum absolute atomic E-state index is 5.50. The molecule has 0 spiro atoms. The Morgan fingerprint density at radius 1 is 1.77 bits per heavy atom. The van der Waals surface area contributed by atoms with Gasteiger partial charge in [-0.25, -0.2) is 0 Å². The van der Waals surface area contributed by atoms with Gasteiger partial charge in [0.05, 0.1) is 18.8 Å². The average Bonchev–Trinajstić information content (AvgIpc) is 2.76. The maximum Gasteiger partial charge on any atom is 0.0541 e. The van der Waals surface area contributed by atoms with Gasteiger partial charge in [0.1, 0.15) is 0 Å². The van der Waals surface area contributed by atoms with E-state index in [0.717, 1.165) is 25.2 Å². The monoisotopic (exact) mass is 182 g/mol. The van der Waals surface area contributed by atoms with Crippen molar-refractivity contribution in [2.45, 2.75) is 12.5 Å². The van der Waals surface area contributed by atoms with Crippen LogP contribution in [0.4, 0.5) is 0 Å². The molecule has 1 aromatic heterocycles. The SMILES string of the molecule is NNC(c1cn[nH]c1)C1CCOC1. The quantitative estimate of drug-likeness (QED) is 0.452. The first-order valence-electron chi connectivity index (χ1n) is 4.44. The number of rotatable bonds is 3. The van der Waals surface area contributed by atoms with E-state index in [4.69, 9.17) is 10.6 Å². The van der Waals surface area contributed by atoms with Gasteiger partial charge in [-0.05, 0) is 6.42 Å². The molecule has 1 aliphatic heterocycles. The molecule has 0 aliphatic carbocycles. The van der Waals surface area contributed by atoms with Crippen LogP contribution >= 0.6 is 0 Å². The van der Waals surface area contributed by atoms with Crippen molar-refractivity contribution < 1.29 is 4.74 Å². The van der Waals surface area contributed by atoms with Crippen LogP contribution in [0.3, 0.4) is 0 Å². The summed E-state index contributed by atoms with van der Waals surface area (Å²) in [6.07, 6.45) is 4.71. The highest BCUT2D eigenvalue weighted by Gasteiger charge is 2.26. The van der Waals surface area contributed by atoms with Gasteiger partial charge in [0, 0.05) is 24.3 Å². The van der Waals surface area contributed by atoms with E-state index in [0.29, 0.717) is 5.92 Å². The number of hydrogen-bond donors (Lipinski definition) is 3. The van der Waals surface area contributed by atoms with Crippen LogP contribution in [0.2, 0.25) is 0 Å². The first kappa shape index (κ1) is 8.68. The van der Waals surface area contributed by atoms with Crippen molar-refractivity contribution in [3.63, 3.8) is 0 Å². The summed E-state index contributed by atoms with van der Waals surface area (Å²) < 4.78 is 5.31. The van der Waals surface area contributed by atoms with Crippen molar-refractivity contribution in [3.8, 4) is 0 Å². The van der Waals surface area contributed by atoms with Crippen molar-refractivity contribution in [2.75, 3.05) is 13.2 Å². The standard InChI is InChI=1S/C8H14N4O/c9-12-8(6-1-2-13-5-6)7-3-10-11-4-7/h3-4,6,8,12H,1-2,5,9H2,(H,10,11). The third kappa shape index (κ3) is 1.72. The second kappa shape index (κ2) is 3.87. The molecule has 4 N–H and O–H groups in total. The lowest BCUT2D eigenvalue weighted by Gasteiger charge is -2.19. The number of ether oxygens (including phenoxy) is 1. The Balaban J connectivity index is 2.08. The Hall–Kier alpha value is -0.910. The zero-order chi connectivity index (χ0) is 9.10. The van der Waals surface area contributed by atoms with Crippen LogP contribution in [0, 0.1) is 5.92 Å². The number of hydrogen-bond acceptors (Lipinski definition) is 4. The van der Waals surface area contributed by atoms with Crippen molar-refractivity contribution in [1.29, 1.82) is 0 Å². The van der Waals surface area contributed by atoms with Crippen LogP contribution in [-0.2, 0) is 4.74 Å². The number of H-pyrrole nitrogens is 1. The molecule has 2 atom stereocenters. The van der Waals surface area contributed by atoms with Crippen molar-refractivity contribution >= 4 is 0 Å². The third-order valence-electron chi connectivity index (χ3n) is 2.49. The van der Waals surface area contributed by atoms with E-state index >= 15 is 0 Å². The highest BCUT2D eigenvalue weighted by molar-refractivity contribution is 5.10. The van der Waals surface area contributed by atoms with E-state index < -0.39 is 0 Å². The highest BCUT2D eigenvalue weighted by Crippen LogP contribution is 2.27. The lowest BCUT2D eigenvalue weighted by atomic mass is 9.95. The van der Waals surface area contributed by atoms with Gasteiger partial charge in [-0.1, -0.05) is 0 Å². The van der Waals surface area contributed by atoms with E-state index in [2.05, 4.69) is 15.6 Å². The molecule has 1 aliphatic rings. The second-order valence-electron chi connectivity index (χ2n) is 3.30. The van der Waals surface area contributed by atoms with Gasteiger partial charge in [-0.15, -0.1) is 0 Å². The van der Waals surface area contributed by atoms with Gasteiger partial charge >= 0.3 is 0 Å². The lowest BCUT2D eigenvalue weighted by molar-refractivity contribution is 0.177. The number of aromatic nitrogens is 2. The first-order valence-corrected chi connectivity index (χ1v) is 4.44. The molecule has 0 radical (unpaired) electrons. The Morgan fingerprint density at radius 2 is 2.69 bits per heavy atom. The minimum Gasteiger partial charge on any atom is -0.381 e. The molecule has 5 nitrogen and oxygen atoms in total. The Morgan fingerprint density at radius 3 is 3.23 bits per heavy atom. The fourth-order valence-electron chi connectivity index (χ4n) is 1.75. The second-order valence-corrected chi connectivity index (χ2v) is 3.30. The maximum atomic E-state index is 5.50. The first-order chi connectivity index (χ1) is 6.42. The molecule has 5 heteroatoms. The highest BCUT2D eigenvalue weighted by atomic mass is 16.5. The fourth-order valence-corrected chi connectivity index (χ4v) is 1.75. The normalized spacial score (nSPS) is 24.8. The topological polar surface area (TPSA) is 76.0 Å². The molecule has 1 aromatic rings. The van der Waals surface area contributed by atoms with Crippen molar-refractivity contribution in [1.82, 2.24) is 15.6 Å². The van der Waals surface area contributed by atoms with Gasteiger partial charge in [0.15, 0.2) is 0 Å². The summed E-state index contributed by atoms with van der Waals surface area (Å²) in [5.74, 6) is 5.96. The Kier molecular flexibility index (Phi) is 2.58. The summed E-state index contributed by atoms with van der Waals surface area (Å²) in [4.78, 5) is 0. The molecule has 2 rings (SSSR count). The summed E-state index contributed by atoms with van der Waals surface area (Å²) in [5.41, 5.74) is 3.90. The van der Waals surface area contributed by atoms with Gasteiger partial charge < -0.3 is 4.74 Å². The predicted molar refractivity (Wildman–Crippen MR) is 47.6 cm³/mol. The number of nitrogens with one attached hydrogen (secondary N) is 2. The molecule has 13 heavy (non-hydrogen) atoms. The van der Waals surface area contributed by atoms with Crippen LogP contribution in [0.25, 0.3) is 0 Å². The van der Waals surface area contributed by atoms with E-state index in [1.165, 1.54) is 0 Å². The molecule has 2 unspecified atom stereocenters. The average molecular weight is 182 g/mol. The summed E-state index contributed by atoms with van der Waals surface area (Å²) in [6.45, 7) is 1.61. The Labute approximate surface area is 76.6 Å². The van der Waals surface area contributed by atoms with Gasteiger partial charge in [-0.2, -0.15) is 5.10 Å². The van der Waals surface area contributed by atoms with Crippen LogP contribution in [0.5, 0.6) is 0 Å². The third-order valence-corrected chi connectivity index (χ3v) is 2.49.